The van der Waals surface area contributed by atoms with Crippen molar-refractivity contribution < 1.29 is 27.9 Å². The van der Waals surface area contributed by atoms with Crippen molar-refractivity contribution in [1.82, 2.24) is 20.4 Å². The van der Waals surface area contributed by atoms with E-state index in [1.807, 2.05) is 24.3 Å². The van der Waals surface area contributed by atoms with E-state index in [2.05, 4.69) is 27.7 Å². The molecule has 10 heteroatoms. The Kier molecular flexibility index (Phi) is 7.99. The molecule has 0 saturated carbocycles. The van der Waals surface area contributed by atoms with Gasteiger partial charge in [-0.3, -0.25) is 24.6 Å². The number of nitrogens with zero attached hydrogens (tertiary/aromatic N) is 2. The summed E-state index contributed by atoms with van der Waals surface area (Å²) in [6.07, 6.45) is 0.989. The third-order valence-corrected chi connectivity index (χ3v) is 8.17. The molecule has 8 nitrogen and oxygen atoms in total. The Morgan fingerprint density at radius 1 is 0.929 bits per heavy atom. The molecular formula is C32H32F2N4O4. The fraction of sp³-hybridized carbons (Fsp3) is 0.344. The van der Waals surface area contributed by atoms with Crippen LogP contribution in [-0.4, -0.2) is 58.8 Å². The number of carbonyl (C=O) groups excluding carboxylic acids is 3. The molecule has 2 fully saturated rings. The molecule has 6 rings (SSSR count). The van der Waals surface area contributed by atoms with E-state index in [4.69, 9.17) is 4.74 Å². The highest BCUT2D eigenvalue weighted by molar-refractivity contribution is 6.05. The first-order chi connectivity index (χ1) is 20.3. The zero-order valence-electron chi connectivity index (χ0n) is 23.0. The lowest BCUT2D eigenvalue weighted by Crippen LogP contribution is -2.54. The van der Waals surface area contributed by atoms with E-state index < -0.39 is 23.6 Å². The fourth-order valence-corrected chi connectivity index (χ4v) is 6.08. The smallest absolute Gasteiger partial charge is 0.255 e. The van der Waals surface area contributed by atoms with E-state index in [1.165, 1.54) is 17.0 Å². The largest absolute Gasteiger partial charge is 0.487 e. The molecule has 1 unspecified atom stereocenters. The molecule has 0 aromatic heterocycles. The van der Waals surface area contributed by atoms with E-state index in [0.29, 0.717) is 42.9 Å². The molecule has 3 aromatic carbocycles. The quantitative estimate of drug-likeness (QED) is 0.400. The number of rotatable bonds is 8. The number of likely N-dealkylation sites (tertiary alicyclic amines) is 1. The molecule has 2 saturated heterocycles. The number of fused-ring (bicyclic) bond motifs is 1. The number of hydrogen-bond acceptors (Lipinski definition) is 6. The lowest BCUT2D eigenvalue weighted by molar-refractivity contribution is -0.136. The zero-order chi connectivity index (χ0) is 29.2. The highest BCUT2D eigenvalue weighted by atomic mass is 19.1. The maximum Gasteiger partial charge on any atom is 0.255 e. The van der Waals surface area contributed by atoms with Crippen LogP contribution < -0.4 is 15.4 Å². The molecule has 3 amide bonds. The van der Waals surface area contributed by atoms with Crippen LogP contribution in [0.25, 0.3) is 0 Å². The van der Waals surface area contributed by atoms with Gasteiger partial charge >= 0.3 is 0 Å². The maximum atomic E-state index is 13.8. The van der Waals surface area contributed by atoms with E-state index in [0.717, 1.165) is 30.2 Å². The van der Waals surface area contributed by atoms with Crippen LogP contribution in [0.15, 0.2) is 66.7 Å². The molecule has 42 heavy (non-hydrogen) atoms. The van der Waals surface area contributed by atoms with Crippen molar-refractivity contribution in [3.8, 4) is 5.75 Å². The molecule has 218 valence electrons. The minimum atomic E-state index is -0.682. The number of hydrogen-bond donors (Lipinski definition) is 2. The Labute approximate surface area is 242 Å². The van der Waals surface area contributed by atoms with Gasteiger partial charge in [0.25, 0.3) is 5.91 Å². The molecule has 3 aromatic rings. The summed E-state index contributed by atoms with van der Waals surface area (Å²) in [4.78, 5) is 40.7. The molecule has 0 aliphatic carbocycles. The van der Waals surface area contributed by atoms with Crippen molar-refractivity contribution in [2.75, 3.05) is 13.1 Å². The molecular weight excluding hydrogens is 542 g/mol. The Balaban J connectivity index is 1.18. The van der Waals surface area contributed by atoms with E-state index >= 15 is 0 Å². The van der Waals surface area contributed by atoms with Gasteiger partial charge in [-0.05, 0) is 59.9 Å². The van der Waals surface area contributed by atoms with Crippen molar-refractivity contribution in [2.45, 2.75) is 57.1 Å². The fourth-order valence-electron chi connectivity index (χ4n) is 6.08. The second-order valence-electron chi connectivity index (χ2n) is 11.1. The number of halogens is 2. The summed E-state index contributed by atoms with van der Waals surface area (Å²) in [5, 5.41) is 5.95. The molecule has 3 heterocycles. The van der Waals surface area contributed by atoms with Crippen molar-refractivity contribution in [1.29, 1.82) is 0 Å². The predicted molar refractivity (Wildman–Crippen MR) is 150 cm³/mol. The summed E-state index contributed by atoms with van der Waals surface area (Å²) < 4.78 is 34.2. The van der Waals surface area contributed by atoms with Crippen LogP contribution in [0, 0.1) is 11.6 Å². The van der Waals surface area contributed by atoms with Gasteiger partial charge in [0.05, 0.1) is 0 Å². The third kappa shape index (κ3) is 6.19. The first-order valence-corrected chi connectivity index (χ1v) is 14.2. The van der Waals surface area contributed by atoms with Gasteiger partial charge in [0, 0.05) is 56.8 Å². The molecule has 3 aliphatic heterocycles. The first kappa shape index (κ1) is 28.0. The Hall–Kier alpha value is -4.15. The Bertz CT molecular complexity index is 1480. The molecule has 3 aliphatic rings. The standard InChI is InChI=1S/C32H32F2N4O4/c33-23-12-21(13-24(34)15-23)17-37-11-10-27(35-16-20-4-2-1-3-5-20)29(19-37)42-25-6-7-26-22(14-25)18-38(32(26)41)28-8-9-30(39)36-31(28)40/h1-7,12-15,27-29,35H,8-11,16-19H2,(H,36,39,40)/t27-,28?,29-/m1/s1. The number of ether oxygens (including phenoxy) is 1. The van der Waals surface area contributed by atoms with Crippen LogP contribution in [0.3, 0.4) is 0 Å². The highest BCUT2D eigenvalue weighted by Crippen LogP contribution is 2.31. The van der Waals surface area contributed by atoms with Crippen LogP contribution in [0.1, 0.15) is 46.3 Å². The van der Waals surface area contributed by atoms with E-state index in [1.54, 1.807) is 12.1 Å². The van der Waals surface area contributed by atoms with Gasteiger partial charge < -0.3 is 15.0 Å². The predicted octanol–water partition coefficient (Wildman–Crippen LogP) is 3.54. The van der Waals surface area contributed by atoms with Crippen LogP contribution in [0.4, 0.5) is 8.78 Å². The summed E-state index contributed by atoms with van der Waals surface area (Å²) in [5.41, 5.74) is 2.99. The second kappa shape index (κ2) is 12.0. The topological polar surface area (TPSA) is 91.0 Å². The average molecular weight is 575 g/mol. The summed E-state index contributed by atoms with van der Waals surface area (Å²) in [5.74, 6) is -1.61. The number of carbonyl (C=O) groups is 3. The number of piperidine rings is 2. The second-order valence-corrected chi connectivity index (χ2v) is 11.1. The highest BCUT2D eigenvalue weighted by Gasteiger charge is 2.39. The molecule has 0 radical (unpaired) electrons. The first-order valence-electron chi connectivity index (χ1n) is 14.2. The van der Waals surface area contributed by atoms with E-state index in [9.17, 15) is 23.2 Å². The number of amides is 3. The van der Waals surface area contributed by atoms with Gasteiger partial charge in [-0.25, -0.2) is 8.78 Å². The van der Waals surface area contributed by atoms with E-state index in [-0.39, 0.29) is 36.9 Å². The van der Waals surface area contributed by atoms with Crippen LogP contribution in [-0.2, 0) is 29.2 Å². The number of nitrogens with one attached hydrogen (secondary N) is 2. The molecule has 2 N–H and O–H groups in total. The zero-order valence-corrected chi connectivity index (χ0v) is 23.0. The normalized spacial score (nSPS) is 22.7. The molecule has 3 atom stereocenters. The van der Waals surface area contributed by atoms with Crippen molar-refractivity contribution >= 4 is 17.7 Å². The number of imide groups is 1. The summed E-state index contributed by atoms with van der Waals surface area (Å²) >= 11 is 0. The third-order valence-electron chi connectivity index (χ3n) is 8.17. The van der Waals surface area contributed by atoms with Crippen molar-refractivity contribution in [3.05, 3.63) is 101 Å². The van der Waals surface area contributed by atoms with Crippen LogP contribution >= 0.6 is 0 Å². The minimum absolute atomic E-state index is 0.0144. The van der Waals surface area contributed by atoms with Gasteiger partial charge in [0.2, 0.25) is 11.8 Å². The summed E-state index contributed by atoms with van der Waals surface area (Å²) in [6, 6.07) is 18.3. The summed E-state index contributed by atoms with van der Waals surface area (Å²) in [7, 11) is 0. The van der Waals surface area contributed by atoms with Gasteiger partial charge in [0.1, 0.15) is 29.5 Å². The van der Waals surface area contributed by atoms with Crippen LogP contribution in [0.5, 0.6) is 5.75 Å². The molecule has 0 bridgehead atoms. The Morgan fingerprint density at radius 3 is 2.48 bits per heavy atom. The monoisotopic (exact) mass is 574 g/mol. The van der Waals surface area contributed by atoms with Crippen LogP contribution in [0.2, 0.25) is 0 Å². The summed E-state index contributed by atoms with van der Waals surface area (Å²) in [6.45, 7) is 2.57. The van der Waals surface area contributed by atoms with Gasteiger partial charge in [0.15, 0.2) is 0 Å². The lowest BCUT2D eigenvalue weighted by atomic mass is 10.00. The SMILES string of the molecule is O=C1CCC(N2Cc3cc(O[C@@H]4CN(Cc5cc(F)cc(F)c5)CC[C@H]4NCc4ccccc4)ccc3C2=O)C(=O)N1. The maximum absolute atomic E-state index is 13.8. The Morgan fingerprint density at radius 2 is 1.71 bits per heavy atom. The molecule has 0 spiro atoms. The lowest BCUT2D eigenvalue weighted by Gasteiger charge is -2.39. The van der Waals surface area contributed by atoms with Crippen molar-refractivity contribution in [2.24, 2.45) is 0 Å². The van der Waals surface area contributed by atoms with Gasteiger partial charge in [-0.15, -0.1) is 0 Å². The average Bonchev–Trinajstić information content (AvgIpc) is 3.28. The van der Waals surface area contributed by atoms with Gasteiger partial charge in [-0.2, -0.15) is 0 Å². The minimum Gasteiger partial charge on any atom is -0.487 e. The number of benzene rings is 3. The van der Waals surface area contributed by atoms with Gasteiger partial charge in [-0.1, -0.05) is 30.3 Å². The van der Waals surface area contributed by atoms with Crippen molar-refractivity contribution in [3.63, 3.8) is 0 Å².